The first-order valence-electron chi connectivity index (χ1n) is 7.26. The zero-order valence-electron chi connectivity index (χ0n) is 13.1. The maximum absolute atomic E-state index is 12.3. The first-order valence-corrected chi connectivity index (χ1v) is 8.43. The summed E-state index contributed by atoms with van der Waals surface area (Å²) in [4.78, 5) is 12.3. The van der Waals surface area contributed by atoms with Crippen molar-refractivity contribution >= 4 is 39.1 Å². The van der Waals surface area contributed by atoms with E-state index in [0.717, 1.165) is 0 Å². The maximum Gasteiger partial charge on any atom is 0.265 e. The quantitative estimate of drug-likeness (QED) is 0.648. The summed E-state index contributed by atoms with van der Waals surface area (Å²) in [6, 6.07) is 12.3. The summed E-state index contributed by atoms with van der Waals surface area (Å²) in [6.45, 7) is 5.68. The molecule has 0 aliphatic carbocycles. The molecule has 0 aliphatic heterocycles. The Hall–Kier alpha value is -1.98. The second kappa shape index (κ2) is 8.76. The molecule has 0 saturated heterocycles. The Labute approximate surface area is 154 Å². The fourth-order valence-corrected chi connectivity index (χ4v) is 2.65. The van der Waals surface area contributed by atoms with E-state index in [9.17, 15) is 4.79 Å². The van der Waals surface area contributed by atoms with Crippen LogP contribution in [0, 0.1) is 0 Å². The molecule has 0 saturated carbocycles. The Kier molecular flexibility index (Phi) is 6.70. The van der Waals surface area contributed by atoms with Gasteiger partial charge in [0.2, 0.25) is 0 Å². The van der Waals surface area contributed by atoms with Gasteiger partial charge in [0.25, 0.3) is 5.91 Å². The minimum atomic E-state index is -0.680. The summed E-state index contributed by atoms with van der Waals surface area (Å²) < 4.78 is 11.8. The van der Waals surface area contributed by atoms with Crippen molar-refractivity contribution in [3.63, 3.8) is 0 Å². The van der Waals surface area contributed by atoms with Gasteiger partial charge in [-0.3, -0.25) is 4.79 Å². The van der Waals surface area contributed by atoms with Crippen LogP contribution in [-0.4, -0.2) is 18.6 Å². The number of amides is 1. The average Bonchev–Trinajstić information content (AvgIpc) is 2.55. The molecule has 1 unspecified atom stereocenters. The summed E-state index contributed by atoms with van der Waals surface area (Å²) in [5.41, 5.74) is 0.632. The summed E-state index contributed by atoms with van der Waals surface area (Å²) in [7, 11) is 0. The molecule has 1 N–H and O–H groups in total. The number of carbonyl (C=O) groups excluding carboxylic acids is 1. The molecule has 0 aromatic heterocycles. The third kappa shape index (κ3) is 5.28. The molecule has 126 valence electrons. The molecule has 2 aromatic rings. The molecule has 1 amide bonds. The molecule has 0 spiro atoms. The largest absolute Gasteiger partial charge is 0.489 e. The lowest BCUT2D eigenvalue weighted by Crippen LogP contribution is -2.30. The highest BCUT2D eigenvalue weighted by Crippen LogP contribution is 2.29. The van der Waals surface area contributed by atoms with Crippen LogP contribution in [-0.2, 0) is 4.79 Å². The van der Waals surface area contributed by atoms with Gasteiger partial charge in [0.1, 0.15) is 18.1 Å². The lowest BCUT2D eigenvalue weighted by Gasteiger charge is -2.16. The van der Waals surface area contributed by atoms with E-state index >= 15 is 0 Å². The first-order chi connectivity index (χ1) is 11.5. The number of halogens is 2. The highest BCUT2D eigenvalue weighted by Gasteiger charge is 2.16. The zero-order valence-corrected chi connectivity index (χ0v) is 15.4. The van der Waals surface area contributed by atoms with Crippen molar-refractivity contribution in [3.05, 3.63) is 64.6 Å². The van der Waals surface area contributed by atoms with Gasteiger partial charge >= 0.3 is 0 Å². The molecule has 0 aliphatic rings. The van der Waals surface area contributed by atoms with E-state index in [-0.39, 0.29) is 5.91 Å². The third-order valence-electron chi connectivity index (χ3n) is 3.04. The summed E-state index contributed by atoms with van der Waals surface area (Å²) in [5.74, 6) is 0.935. The van der Waals surface area contributed by atoms with Gasteiger partial charge in [-0.25, -0.2) is 0 Å². The molecule has 0 fully saturated rings. The maximum atomic E-state index is 12.3. The molecule has 6 heteroatoms. The van der Waals surface area contributed by atoms with Crippen molar-refractivity contribution in [2.75, 3.05) is 11.9 Å². The fourth-order valence-electron chi connectivity index (χ4n) is 1.88. The second-order valence-corrected chi connectivity index (χ2v) is 6.24. The SMILES string of the molecule is C=CCOc1cccc(NC(=O)C(C)Oc2ccc(Cl)cc2Br)c1. The van der Waals surface area contributed by atoms with E-state index in [4.69, 9.17) is 21.1 Å². The van der Waals surface area contributed by atoms with Gasteiger partial charge in [-0.05, 0) is 53.2 Å². The molecule has 0 bridgehead atoms. The highest BCUT2D eigenvalue weighted by atomic mass is 79.9. The lowest BCUT2D eigenvalue weighted by molar-refractivity contribution is -0.122. The van der Waals surface area contributed by atoms with Crippen molar-refractivity contribution in [1.82, 2.24) is 0 Å². The molecule has 2 rings (SSSR count). The summed E-state index contributed by atoms with van der Waals surface area (Å²) in [6.07, 6.45) is 0.978. The summed E-state index contributed by atoms with van der Waals surface area (Å²) >= 11 is 9.25. The Morgan fingerprint density at radius 1 is 1.38 bits per heavy atom. The predicted molar refractivity (Wildman–Crippen MR) is 100 cm³/mol. The van der Waals surface area contributed by atoms with Crippen molar-refractivity contribution < 1.29 is 14.3 Å². The van der Waals surface area contributed by atoms with E-state index in [0.29, 0.717) is 33.3 Å². The van der Waals surface area contributed by atoms with Crippen molar-refractivity contribution in [2.45, 2.75) is 13.0 Å². The number of benzene rings is 2. The van der Waals surface area contributed by atoms with Gasteiger partial charge in [-0.2, -0.15) is 0 Å². The standard InChI is InChI=1S/C18H17BrClNO3/c1-3-9-23-15-6-4-5-14(11-15)21-18(22)12(2)24-17-8-7-13(20)10-16(17)19/h3-8,10-12H,1,9H2,2H3,(H,21,22). The van der Waals surface area contributed by atoms with Gasteiger partial charge in [0.15, 0.2) is 6.10 Å². The van der Waals surface area contributed by atoms with Crippen LogP contribution < -0.4 is 14.8 Å². The van der Waals surface area contributed by atoms with Crippen LogP contribution in [0.2, 0.25) is 5.02 Å². The van der Waals surface area contributed by atoms with E-state index in [1.807, 2.05) is 6.07 Å². The summed E-state index contributed by atoms with van der Waals surface area (Å²) in [5, 5.41) is 3.38. The van der Waals surface area contributed by atoms with E-state index in [1.165, 1.54) is 0 Å². The van der Waals surface area contributed by atoms with E-state index in [2.05, 4.69) is 27.8 Å². The third-order valence-corrected chi connectivity index (χ3v) is 3.89. The Morgan fingerprint density at radius 3 is 2.88 bits per heavy atom. The minimum Gasteiger partial charge on any atom is -0.489 e. The highest BCUT2D eigenvalue weighted by molar-refractivity contribution is 9.10. The molecule has 0 radical (unpaired) electrons. The molecule has 1 atom stereocenters. The van der Waals surface area contributed by atoms with Crippen LogP contribution in [0.15, 0.2) is 59.6 Å². The first kappa shape index (κ1) is 18.4. The smallest absolute Gasteiger partial charge is 0.265 e. The van der Waals surface area contributed by atoms with Crippen LogP contribution in [0.1, 0.15) is 6.92 Å². The molecule has 0 heterocycles. The molecule has 2 aromatic carbocycles. The van der Waals surface area contributed by atoms with Gasteiger partial charge in [0, 0.05) is 16.8 Å². The average molecular weight is 411 g/mol. The van der Waals surface area contributed by atoms with Crippen molar-refractivity contribution in [3.8, 4) is 11.5 Å². The van der Waals surface area contributed by atoms with E-state index in [1.54, 1.807) is 49.4 Å². The lowest BCUT2D eigenvalue weighted by atomic mass is 10.2. The van der Waals surface area contributed by atoms with Gasteiger partial charge in [-0.15, -0.1) is 0 Å². The van der Waals surface area contributed by atoms with Crippen LogP contribution >= 0.6 is 27.5 Å². The zero-order chi connectivity index (χ0) is 17.5. The van der Waals surface area contributed by atoms with Crippen LogP contribution in [0.5, 0.6) is 11.5 Å². The number of rotatable bonds is 7. The fraction of sp³-hybridized carbons (Fsp3) is 0.167. The second-order valence-electron chi connectivity index (χ2n) is 4.95. The minimum absolute atomic E-state index is 0.266. The Bertz CT molecular complexity index is 736. The number of ether oxygens (including phenoxy) is 2. The molecular weight excluding hydrogens is 394 g/mol. The van der Waals surface area contributed by atoms with Crippen molar-refractivity contribution in [2.24, 2.45) is 0 Å². The van der Waals surface area contributed by atoms with Crippen molar-refractivity contribution in [1.29, 1.82) is 0 Å². The number of nitrogens with one attached hydrogen (secondary N) is 1. The topological polar surface area (TPSA) is 47.6 Å². The Morgan fingerprint density at radius 2 is 2.17 bits per heavy atom. The number of hydrogen-bond acceptors (Lipinski definition) is 3. The number of carbonyl (C=O) groups is 1. The van der Waals surface area contributed by atoms with Gasteiger partial charge in [-0.1, -0.05) is 30.3 Å². The number of hydrogen-bond donors (Lipinski definition) is 1. The van der Waals surface area contributed by atoms with Crippen LogP contribution in [0.25, 0.3) is 0 Å². The molecule has 4 nitrogen and oxygen atoms in total. The Balaban J connectivity index is 1.99. The van der Waals surface area contributed by atoms with Crippen LogP contribution in [0.3, 0.4) is 0 Å². The predicted octanol–water partition coefficient (Wildman–Crippen LogP) is 5.07. The van der Waals surface area contributed by atoms with Gasteiger partial charge in [0.05, 0.1) is 4.47 Å². The number of anilines is 1. The normalized spacial score (nSPS) is 11.5. The molecular formula is C18H17BrClNO3. The monoisotopic (exact) mass is 409 g/mol. The van der Waals surface area contributed by atoms with E-state index < -0.39 is 6.10 Å². The van der Waals surface area contributed by atoms with Crippen LogP contribution in [0.4, 0.5) is 5.69 Å². The molecule has 24 heavy (non-hydrogen) atoms. The van der Waals surface area contributed by atoms with Gasteiger partial charge < -0.3 is 14.8 Å².